The summed E-state index contributed by atoms with van der Waals surface area (Å²) < 4.78 is 13.4. The maximum atomic E-state index is 8.74. The SMILES string of the molecule is C1=COCN=C1.O=[PH](O)O. The van der Waals surface area contributed by atoms with Crippen LogP contribution in [0.5, 0.6) is 0 Å². The Morgan fingerprint density at radius 3 is 2.30 bits per heavy atom. The minimum absolute atomic E-state index is 0.483. The highest BCUT2D eigenvalue weighted by atomic mass is 31.1. The fourth-order valence-corrected chi connectivity index (χ4v) is 0.281. The predicted octanol–water partition coefficient (Wildman–Crippen LogP) is -0.0807. The zero-order valence-electron chi connectivity index (χ0n) is 5.10. The lowest BCUT2D eigenvalue weighted by Gasteiger charge is -1.94. The Morgan fingerprint density at radius 2 is 2.20 bits per heavy atom. The van der Waals surface area contributed by atoms with Gasteiger partial charge in [-0.05, 0) is 6.08 Å². The van der Waals surface area contributed by atoms with E-state index in [0.29, 0.717) is 6.73 Å². The van der Waals surface area contributed by atoms with Crippen molar-refractivity contribution in [3.63, 3.8) is 0 Å². The van der Waals surface area contributed by atoms with Gasteiger partial charge in [-0.15, -0.1) is 0 Å². The van der Waals surface area contributed by atoms with Crippen LogP contribution in [0.4, 0.5) is 0 Å². The van der Waals surface area contributed by atoms with E-state index in [1.54, 1.807) is 18.6 Å². The molecule has 0 saturated carbocycles. The summed E-state index contributed by atoms with van der Waals surface area (Å²) in [6.45, 7) is 0.483. The van der Waals surface area contributed by atoms with Crippen molar-refractivity contribution >= 4 is 14.5 Å². The Labute approximate surface area is 58.6 Å². The second-order valence-electron chi connectivity index (χ2n) is 1.24. The van der Waals surface area contributed by atoms with Gasteiger partial charge in [0.2, 0.25) is 0 Å². The van der Waals surface area contributed by atoms with Gasteiger partial charge in [0.15, 0.2) is 6.73 Å². The molecule has 10 heavy (non-hydrogen) atoms. The van der Waals surface area contributed by atoms with Crippen LogP contribution in [0.1, 0.15) is 0 Å². The maximum Gasteiger partial charge on any atom is 0.314 e. The minimum Gasteiger partial charge on any atom is -0.479 e. The van der Waals surface area contributed by atoms with Crippen LogP contribution in [0.15, 0.2) is 17.3 Å². The topological polar surface area (TPSA) is 79.1 Å². The third-order valence-electron chi connectivity index (χ3n) is 0.515. The number of aliphatic imine (C=N–C) groups is 1. The first-order valence-corrected chi connectivity index (χ1v) is 3.72. The molecule has 2 N–H and O–H groups in total. The molecule has 0 aromatic rings. The fourth-order valence-electron chi connectivity index (χ4n) is 0.281. The number of allylic oxidation sites excluding steroid dienone is 1. The first-order chi connectivity index (χ1) is 4.73. The molecule has 5 nitrogen and oxygen atoms in total. The molecule has 6 heteroatoms. The number of rotatable bonds is 0. The molecule has 0 fully saturated rings. The summed E-state index contributed by atoms with van der Waals surface area (Å²) in [7, 11) is -3.13. The van der Waals surface area contributed by atoms with Crippen molar-refractivity contribution in [1.82, 2.24) is 0 Å². The van der Waals surface area contributed by atoms with Gasteiger partial charge in [0.1, 0.15) is 0 Å². The highest BCUT2D eigenvalue weighted by Gasteiger charge is 1.75. The van der Waals surface area contributed by atoms with Gasteiger partial charge in [0.25, 0.3) is 0 Å². The van der Waals surface area contributed by atoms with Crippen LogP contribution in [-0.2, 0) is 9.30 Å². The molecule has 0 aromatic carbocycles. The van der Waals surface area contributed by atoms with E-state index in [4.69, 9.17) is 19.1 Å². The molecule has 1 heterocycles. The summed E-state index contributed by atoms with van der Waals surface area (Å²) in [5, 5.41) is 0. The van der Waals surface area contributed by atoms with Crippen LogP contribution < -0.4 is 0 Å². The molecular weight excluding hydrogens is 157 g/mol. The Morgan fingerprint density at radius 1 is 1.60 bits per heavy atom. The number of hydrogen-bond donors (Lipinski definition) is 2. The van der Waals surface area contributed by atoms with Gasteiger partial charge in [-0.3, -0.25) is 9.56 Å². The van der Waals surface area contributed by atoms with E-state index in [-0.39, 0.29) is 0 Å². The molecule has 0 unspecified atom stereocenters. The standard InChI is InChI=1S/C4H5NO.H3O3P/c1-2-5-4-6-3-1;1-4(2)3/h1-3H,4H2;4H,(H2,1,2,3). The van der Waals surface area contributed by atoms with Gasteiger partial charge in [-0.2, -0.15) is 0 Å². The van der Waals surface area contributed by atoms with Crippen LogP contribution in [0, 0.1) is 0 Å². The largest absolute Gasteiger partial charge is 0.479 e. The summed E-state index contributed by atoms with van der Waals surface area (Å²) in [6, 6.07) is 0. The van der Waals surface area contributed by atoms with Crippen molar-refractivity contribution in [2.45, 2.75) is 0 Å². The van der Waals surface area contributed by atoms with Crippen molar-refractivity contribution in [3.05, 3.63) is 12.3 Å². The van der Waals surface area contributed by atoms with Crippen molar-refractivity contribution in [1.29, 1.82) is 0 Å². The molecule has 0 aromatic heterocycles. The summed E-state index contributed by atoms with van der Waals surface area (Å²) in [6.07, 6.45) is 5.08. The summed E-state index contributed by atoms with van der Waals surface area (Å²) in [5.41, 5.74) is 0. The lowest BCUT2D eigenvalue weighted by atomic mass is 10.7. The monoisotopic (exact) mass is 165 g/mol. The summed E-state index contributed by atoms with van der Waals surface area (Å²) in [5.74, 6) is 0. The first kappa shape index (κ1) is 9.36. The average Bonchev–Trinajstić information content (AvgIpc) is 1.90. The maximum absolute atomic E-state index is 8.74. The van der Waals surface area contributed by atoms with E-state index >= 15 is 0 Å². The summed E-state index contributed by atoms with van der Waals surface area (Å²) >= 11 is 0. The molecule has 0 bridgehead atoms. The van der Waals surface area contributed by atoms with E-state index in [0.717, 1.165) is 0 Å². The van der Waals surface area contributed by atoms with Crippen LogP contribution in [0.3, 0.4) is 0 Å². The van der Waals surface area contributed by atoms with Crippen LogP contribution in [-0.4, -0.2) is 22.7 Å². The molecule has 0 spiro atoms. The van der Waals surface area contributed by atoms with E-state index in [1.807, 2.05) is 0 Å². The van der Waals surface area contributed by atoms with Crippen molar-refractivity contribution in [2.75, 3.05) is 6.73 Å². The zero-order chi connectivity index (χ0) is 7.82. The average molecular weight is 165 g/mol. The molecule has 1 rings (SSSR count). The molecule has 0 radical (unpaired) electrons. The highest BCUT2D eigenvalue weighted by Crippen LogP contribution is 1.98. The van der Waals surface area contributed by atoms with Crippen molar-refractivity contribution in [2.24, 2.45) is 4.99 Å². The van der Waals surface area contributed by atoms with E-state index in [1.165, 1.54) is 0 Å². The fraction of sp³-hybridized carbons (Fsp3) is 0.250. The number of hydrogen-bond acceptors (Lipinski definition) is 3. The third-order valence-corrected chi connectivity index (χ3v) is 0.515. The Balaban J connectivity index is 0.000000180. The minimum atomic E-state index is -3.13. The molecule has 58 valence electrons. The molecular formula is C4H8NO4P. The normalized spacial score (nSPS) is 13.9. The lowest BCUT2D eigenvalue weighted by Crippen LogP contribution is -1.86. The van der Waals surface area contributed by atoms with Crippen LogP contribution in [0.2, 0.25) is 0 Å². The van der Waals surface area contributed by atoms with Gasteiger partial charge >= 0.3 is 8.25 Å². The van der Waals surface area contributed by atoms with E-state index in [9.17, 15) is 0 Å². The summed E-state index contributed by atoms with van der Waals surface area (Å²) in [4.78, 5) is 18.1. The quantitative estimate of drug-likeness (QED) is 0.492. The van der Waals surface area contributed by atoms with Gasteiger partial charge in [0.05, 0.1) is 6.26 Å². The molecule has 1 aliphatic heterocycles. The van der Waals surface area contributed by atoms with Crippen LogP contribution >= 0.6 is 8.25 Å². The second kappa shape index (κ2) is 6.48. The van der Waals surface area contributed by atoms with E-state index in [2.05, 4.69) is 4.99 Å². The highest BCUT2D eigenvalue weighted by molar-refractivity contribution is 7.30. The van der Waals surface area contributed by atoms with Gasteiger partial charge in [-0.1, -0.05) is 0 Å². The van der Waals surface area contributed by atoms with Gasteiger partial charge < -0.3 is 14.5 Å². The Kier molecular flexibility index (Phi) is 6.06. The first-order valence-electron chi connectivity index (χ1n) is 2.42. The van der Waals surface area contributed by atoms with Gasteiger partial charge in [-0.25, -0.2) is 0 Å². The third kappa shape index (κ3) is 10.4. The lowest BCUT2D eigenvalue weighted by molar-refractivity contribution is 0.259. The zero-order valence-corrected chi connectivity index (χ0v) is 6.10. The smallest absolute Gasteiger partial charge is 0.314 e. The molecule has 0 aliphatic carbocycles. The number of nitrogens with zero attached hydrogens (tertiary/aromatic N) is 1. The molecule has 1 aliphatic rings. The van der Waals surface area contributed by atoms with Crippen LogP contribution in [0.25, 0.3) is 0 Å². The van der Waals surface area contributed by atoms with E-state index < -0.39 is 8.25 Å². The molecule has 0 saturated heterocycles. The number of ether oxygens (including phenoxy) is 1. The second-order valence-corrected chi connectivity index (χ2v) is 1.80. The Bertz CT molecular complexity index is 139. The predicted molar refractivity (Wildman–Crippen MR) is 37.0 cm³/mol. The van der Waals surface area contributed by atoms with Gasteiger partial charge in [0, 0.05) is 6.21 Å². The van der Waals surface area contributed by atoms with Crippen molar-refractivity contribution < 1.29 is 19.1 Å². The Hall–Kier alpha value is -0.640. The molecule has 0 atom stereocenters. The van der Waals surface area contributed by atoms with Crippen molar-refractivity contribution in [3.8, 4) is 0 Å². The molecule has 0 amide bonds.